The summed E-state index contributed by atoms with van der Waals surface area (Å²) in [6.07, 6.45) is 4.94. The largest absolute Gasteiger partial charge is 0.383 e. The Morgan fingerprint density at radius 2 is 2.26 bits per heavy atom. The van der Waals surface area contributed by atoms with E-state index in [-0.39, 0.29) is 0 Å². The number of thiophene rings is 1. The van der Waals surface area contributed by atoms with Gasteiger partial charge in [-0.05, 0) is 30.7 Å². The number of hydrogen-bond acceptors (Lipinski definition) is 5. The molecular formula is C14H18N4S. The van der Waals surface area contributed by atoms with Crippen LogP contribution in [0.15, 0.2) is 23.8 Å². The van der Waals surface area contributed by atoms with Crippen molar-refractivity contribution in [3.05, 3.63) is 34.3 Å². The van der Waals surface area contributed by atoms with Crippen molar-refractivity contribution in [3.63, 3.8) is 0 Å². The molecule has 5 heteroatoms. The van der Waals surface area contributed by atoms with E-state index in [1.54, 1.807) is 17.7 Å². The number of nitrogen functional groups attached to an aromatic ring is 1. The van der Waals surface area contributed by atoms with Gasteiger partial charge in [-0.25, -0.2) is 9.97 Å². The van der Waals surface area contributed by atoms with Crippen LogP contribution >= 0.6 is 11.3 Å². The Labute approximate surface area is 117 Å². The molecule has 0 aromatic carbocycles. The Morgan fingerprint density at radius 3 is 2.89 bits per heavy atom. The molecule has 2 N–H and O–H groups in total. The summed E-state index contributed by atoms with van der Waals surface area (Å²) in [5.41, 5.74) is 7.06. The fraction of sp³-hybridized carbons (Fsp3) is 0.429. The number of nitrogens with zero attached hydrogens (tertiary/aromatic N) is 3. The molecule has 0 spiro atoms. The first-order valence-corrected chi connectivity index (χ1v) is 7.56. The van der Waals surface area contributed by atoms with Gasteiger partial charge in [0.25, 0.3) is 0 Å². The summed E-state index contributed by atoms with van der Waals surface area (Å²) in [6.45, 7) is 3.03. The van der Waals surface area contributed by atoms with Crippen LogP contribution in [0.25, 0.3) is 0 Å². The number of rotatable bonds is 5. The SMILES string of the molecule is CCc1c(N)ncnc1N(Cc1cccs1)C1CC1. The summed E-state index contributed by atoms with van der Waals surface area (Å²) >= 11 is 1.79. The Bertz CT molecular complexity index is 549. The molecule has 2 heterocycles. The Kier molecular flexibility index (Phi) is 3.38. The first kappa shape index (κ1) is 12.4. The van der Waals surface area contributed by atoms with Crippen molar-refractivity contribution < 1.29 is 0 Å². The molecule has 1 aliphatic rings. The van der Waals surface area contributed by atoms with Gasteiger partial charge in [-0.1, -0.05) is 13.0 Å². The Balaban J connectivity index is 1.94. The molecule has 0 unspecified atom stereocenters. The van der Waals surface area contributed by atoms with Crippen LogP contribution in [0.5, 0.6) is 0 Å². The standard InChI is InChI=1S/C14H18N4S/c1-2-12-13(15)16-9-17-14(12)18(10-5-6-10)8-11-4-3-7-19-11/h3-4,7,9-10H,2,5-6,8H2,1H3,(H2,15,16,17). The minimum absolute atomic E-state index is 0.613. The highest BCUT2D eigenvalue weighted by molar-refractivity contribution is 7.09. The molecule has 2 aromatic heterocycles. The lowest BCUT2D eigenvalue weighted by Gasteiger charge is -2.25. The zero-order valence-electron chi connectivity index (χ0n) is 11.0. The first-order chi connectivity index (χ1) is 9.29. The minimum atomic E-state index is 0.613. The summed E-state index contributed by atoms with van der Waals surface area (Å²) < 4.78 is 0. The number of anilines is 2. The highest BCUT2D eigenvalue weighted by Gasteiger charge is 2.31. The van der Waals surface area contributed by atoms with E-state index in [1.807, 2.05) is 0 Å². The van der Waals surface area contributed by atoms with Gasteiger partial charge in [0, 0.05) is 16.5 Å². The number of nitrogens with two attached hydrogens (primary N) is 1. The smallest absolute Gasteiger partial charge is 0.137 e. The summed E-state index contributed by atoms with van der Waals surface area (Å²) in [4.78, 5) is 12.4. The van der Waals surface area contributed by atoms with Crippen LogP contribution in [0.2, 0.25) is 0 Å². The molecule has 0 atom stereocenters. The molecule has 0 radical (unpaired) electrons. The topological polar surface area (TPSA) is 55.0 Å². The fourth-order valence-electron chi connectivity index (χ4n) is 2.34. The van der Waals surface area contributed by atoms with Gasteiger partial charge in [-0.2, -0.15) is 0 Å². The molecule has 1 saturated carbocycles. The van der Waals surface area contributed by atoms with E-state index >= 15 is 0 Å². The maximum Gasteiger partial charge on any atom is 0.137 e. The quantitative estimate of drug-likeness (QED) is 0.911. The molecule has 3 rings (SSSR count). The van der Waals surface area contributed by atoms with Crippen LogP contribution in [0.3, 0.4) is 0 Å². The van der Waals surface area contributed by atoms with E-state index < -0.39 is 0 Å². The third-order valence-electron chi connectivity index (χ3n) is 3.48. The van der Waals surface area contributed by atoms with E-state index in [0.29, 0.717) is 11.9 Å². The zero-order chi connectivity index (χ0) is 13.2. The zero-order valence-corrected chi connectivity index (χ0v) is 11.9. The maximum absolute atomic E-state index is 5.99. The van der Waals surface area contributed by atoms with Crippen molar-refractivity contribution in [2.24, 2.45) is 0 Å². The average molecular weight is 274 g/mol. The summed E-state index contributed by atoms with van der Waals surface area (Å²) in [6, 6.07) is 4.89. The fourth-order valence-corrected chi connectivity index (χ4v) is 3.04. The third-order valence-corrected chi connectivity index (χ3v) is 4.34. The van der Waals surface area contributed by atoms with Crippen LogP contribution in [-0.4, -0.2) is 16.0 Å². The summed E-state index contributed by atoms with van der Waals surface area (Å²) in [5, 5.41) is 2.12. The third kappa shape index (κ3) is 2.56. The predicted octanol–water partition coefficient (Wildman–Crippen LogP) is 2.85. The second-order valence-corrected chi connectivity index (χ2v) is 5.89. The van der Waals surface area contributed by atoms with Crippen molar-refractivity contribution in [3.8, 4) is 0 Å². The highest BCUT2D eigenvalue weighted by atomic mass is 32.1. The van der Waals surface area contributed by atoms with Gasteiger partial charge >= 0.3 is 0 Å². The second kappa shape index (κ2) is 5.17. The van der Waals surface area contributed by atoms with E-state index in [2.05, 4.69) is 39.3 Å². The number of hydrogen-bond donors (Lipinski definition) is 1. The van der Waals surface area contributed by atoms with E-state index in [9.17, 15) is 0 Å². The first-order valence-electron chi connectivity index (χ1n) is 6.68. The van der Waals surface area contributed by atoms with Crippen molar-refractivity contribution >= 4 is 23.0 Å². The number of aromatic nitrogens is 2. The van der Waals surface area contributed by atoms with Crippen LogP contribution in [0, 0.1) is 0 Å². The van der Waals surface area contributed by atoms with Gasteiger partial charge < -0.3 is 10.6 Å². The maximum atomic E-state index is 5.99. The molecule has 4 nitrogen and oxygen atoms in total. The molecule has 1 aliphatic carbocycles. The lowest BCUT2D eigenvalue weighted by Crippen LogP contribution is -2.27. The lowest BCUT2D eigenvalue weighted by atomic mass is 10.2. The van der Waals surface area contributed by atoms with Gasteiger partial charge in [-0.15, -0.1) is 11.3 Å². The average Bonchev–Trinajstić information content (AvgIpc) is 3.13. The highest BCUT2D eigenvalue weighted by Crippen LogP contribution is 2.35. The van der Waals surface area contributed by atoms with Crippen LogP contribution in [-0.2, 0) is 13.0 Å². The Hall–Kier alpha value is -1.62. The van der Waals surface area contributed by atoms with Gasteiger partial charge in [0.05, 0.1) is 6.54 Å². The minimum Gasteiger partial charge on any atom is -0.383 e. The van der Waals surface area contributed by atoms with Crippen molar-refractivity contribution in [1.82, 2.24) is 9.97 Å². The van der Waals surface area contributed by atoms with Gasteiger partial charge in [-0.3, -0.25) is 0 Å². The molecule has 1 fully saturated rings. The van der Waals surface area contributed by atoms with Crippen molar-refractivity contribution in [1.29, 1.82) is 0 Å². The second-order valence-electron chi connectivity index (χ2n) is 4.85. The Morgan fingerprint density at radius 1 is 1.42 bits per heavy atom. The predicted molar refractivity (Wildman–Crippen MR) is 79.3 cm³/mol. The summed E-state index contributed by atoms with van der Waals surface area (Å²) in [7, 11) is 0. The molecule has 19 heavy (non-hydrogen) atoms. The lowest BCUT2D eigenvalue weighted by molar-refractivity contribution is 0.774. The van der Waals surface area contributed by atoms with Gasteiger partial charge in [0.2, 0.25) is 0 Å². The molecule has 0 aliphatic heterocycles. The molecule has 100 valence electrons. The molecule has 0 amide bonds. The molecule has 0 bridgehead atoms. The van der Waals surface area contributed by atoms with E-state index in [1.165, 1.54) is 17.7 Å². The molecule has 0 saturated heterocycles. The van der Waals surface area contributed by atoms with Crippen molar-refractivity contribution in [2.75, 3.05) is 10.6 Å². The van der Waals surface area contributed by atoms with Gasteiger partial charge in [0.1, 0.15) is 18.0 Å². The summed E-state index contributed by atoms with van der Waals surface area (Å²) in [5.74, 6) is 1.63. The van der Waals surface area contributed by atoms with Crippen LogP contribution < -0.4 is 10.6 Å². The molecular weight excluding hydrogens is 256 g/mol. The van der Waals surface area contributed by atoms with E-state index in [4.69, 9.17) is 5.73 Å². The normalized spacial score (nSPS) is 14.6. The van der Waals surface area contributed by atoms with Crippen molar-refractivity contribution in [2.45, 2.75) is 38.8 Å². The monoisotopic (exact) mass is 274 g/mol. The van der Waals surface area contributed by atoms with Crippen LogP contribution in [0.1, 0.15) is 30.2 Å². The van der Waals surface area contributed by atoms with E-state index in [0.717, 1.165) is 24.3 Å². The molecule has 2 aromatic rings. The van der Waals surface area contributed by atoms with Crippen LogP contribution in [0.4, 0.5) is 11.6 Å². The van der Waals surface area contributed by atoms with Gasteiger partial charge in [0.15, 0.2) is 0 Å².